The van der Waals surface area contributed by atoms with Crippen LogP contribution in [0.3, 0.4) is 0 Å². The maximum absolute atomic E-state index is 2.50. The maximum atomic E-state index is 2.50. The first-order valence-electron chi connectivity index (χ1n) is 15.7. The third kappa shape index (κ3) is 4.15. The number of para-hydroxylation sites is 2. The van der Waals surface area contributed by atoms with E-state index >= 15 is 0 Å². The van der Waals surface area contributed by atoms with Crippen molar-refractivity contribution in [2.24, 2.45) is 0 Å². The highest BCUT2D eigenvalue weighted by Crippen LogP contribution is 2.54. The summed E-state index contributed by atoms with van der Waals surface area (Å²) in [4.78, 5) is 2.50. The topological polar surface area (TPSA) is 3.24 Å². The number of anilines is 3. The van der Waals surface area contributed by atoms with Gasteiger partial charge in [-0.3, -0.25) is 0 Å². The van der Waals surface area contributed by atoms with Crippen molar-refractivity contribution in [3.05, 3.63) is 173 Å². The first kappa shape index (κ1) is 26.5. The van der Waals surface area contributed by atoms with Crippen LogP contribution in [-0.2, 0) is 5.41 Å². The Morgan fingerprint density at radius 3 is 1.95 bits per heavy atom. The second-order valence-corrected chi connectivity index (χ2v) is 12.4. The lowest BCUT2D eigenvalue weighted by Gasteiger charge is -2.31. The number of hydrogen-bond acceptors (Lipinski definition) is 1. The van der Waals surface area contributed by atoms with Gasteiger partial charge in [-0.25, -0.2) is 0 Å². The first-order chi connectivity index (χ1) is 21.6. The summed E-state index contributed by atoms with van der Waals surface area (Å²) < 4.78 is 0. The monoisotopic (exact) mass is 565 g/mol. The van der Waals surface area contributed by atoms with Crippen LogP contribution in [-0.4, -0.2) is 0 Å². The predicted molar refractivity (Wildman–Crippen MR) is 186 cm³/mol. The van der Waals surface area contributed by atoms with Crippen LogP contribution in [0.25, 0.3) is 33.9 Å². The Kier molecular flexibility index (Phi) is 6.34. The van der Waals surface area contributed by atoms with Gasteiger partial charge in [-0.15, -0.1) is 0 Å². The Balaban J connectivity index is 1.44. The Hall–Kier alpha value is -5.14. The summed E-state index contributed by atoms with van der Waals surface area (Å²) in [5.41, 5.74) is 14.2. The zero-order chi connectivity index (χ0) is 29.7. The van der Waals surface area contributed by atoms with E-state index in [1.165, 1.54) is 66.3 Å². The smallest absolute Gasteiger partial charge is 0.0543 e. The van der Waals surface area contributed by atoms with Crippen LogP contribution in [0, 0.1) is 0 Å². The molecule has 0 aromatic heterocycles. The van der Waals surface area contributed by atoms with Crippen molar-refractivity contribution in [3.8, 4) is 22.3 Å². The molecule has 1 heteroatoms. The Morgan fingerprint density at radius 1 is 0.523 bits per heavy atom. The summed E-state index contributed by atoms with van der Waals surface area (Å²) in [5, 5.41) is 2.68. The van der Waals surface area contributed by atoms with E-state index in [1.807, 2.05) is 0 Å². The van der Waals surface area contributed by atoms with Crippen molar-refractivity contribution in [2.45, 2.75) is 32.1 Å². The van der Waals surface area contributed by atoms with Gasteiger partial charge in [-0.05, 0) is 80.9 Å². The van der Waals surface area contributed by atoms with Gasteiger partial charge >= 0.3 is 0 Å². The molecule has 0 N–H and O–H groups in total. The van der Waals surface area contributed by atoms with E-state index < -0.39 is 0 Å². The second kappa shape index (κ2) is 10.5. The molecule has 0 bridgehead atoms. The number of hydrogen-bond donors (Lipinski definition) is 0. The van der Waals surface area contributed by atoms with E-state index in [0.29, 0.717) is 0 Å². The molecule has 0 atom stereocenters. The molecule has 0 heterocycles. The number of nitrogens with zero attached hydrogens (tertiary/aromatic N) is 1. The van der Waals surface area contributed by atoms with Crippen LogP contribution < -0.4 is 15.3 Å². The van der Waals surface area contributed by atoms with Crippen LogP contribution in [0.2, 0.25) is 0 Å². The molecule has 2 aliphatic carbocycles. The average molecular weight is 566 g/mol. The van der Waals surface area contributed by atoms with Gasteiger partial charge in [0.05, 0.1) is 11.4 Å². The fourth-order valence-corrected chi connectivity index (χ4v) is 7.53. The zero-order valence-corrected chi connectivity index (χ0v) is 25.3. The van der Waals surface area contributed by atoms with E-state index in [9.17, 15) is 0 Å². The van der Waals surface area contributed by atoms with Crippen LogP contribution in [0.1, 0.15) is 43.4 Å². The molecule has 0 unspecified atom stereocenters. The van der Waals surface area contributed by atoms with Gasteiger partial charge in [-0.2, -0.15) is 0 Å². The molecular formula is C43H35N. The van der Waals surface area contributed by atoms with Crippen molar-refractivity contribution in [2.75, 3.05) is 4.90 Å². The fourth-order valence-electron chi connectivity index (χ4n) is 7.53. The van der Waals surface area contributed by atoms with Crippen molar-refractivity contribution < 1.29 is 0 Å². The van der Waals surface area contributed by atoms with Crippen LogP contribution >= 0.6 is 0 Å². The molecule has 2 aliphatic rings. The molecule has 0 fully saturated rings. The zero-order valence-electron chi connectivity index (χ0n) is 25.3. The van der Waals surface area contributed by atoms with Crippen LogP contribution in [0.15, 0.2) is 146 Å². The predicted octanol–water partition coefficient (Wildman–Crippen LogP) is 9.90. The Bertz CT molecular complexity index is 2140. The van der Waals surface area contributed by atoms with Gasteiger partial charge in [0.25, 0.3) is 0 Å². The van der Waals surface area contributed by atoms with Crippen molar-refractivity contribution in [1.82, 2.24) is 0 Å². The lowest BCUT2D eigenvalue weighted by Crippen LogP contribution is -2.32. The average Bonchev–Trinajstić information content (AvgIpc) is 3.32. The third-order valence-electron chi connectivity index (χ3n) is 9.55. The second-order valence-electron chi connectivity index (χ2n) is 12.4. The number of benzene rings is 6. The van der Waals surface area contributed by atoms with Gasteiger partial charge in [0.1, 0.15) is 0 Å². The lowest BCUT2D eigenvalue weighted by molar-refractivity contribution is 0.660. The van der Waals surface area contributed by atoms with E-state index in [4.69, 9.17) is 0 Å². The molecule has 212 valence electrons. The molecule has 0 amide bonds. The van der Waals surface area contributed by atoms with Crippen molar-refractivity contribution in [1.29, 1.82) is 0 Å². The lowest BCUT2D eigenvalue weighted by atomic mass is 9.82. The largest absolute Gasteiger partial charge is 0.309 e. The summed E-state index contributed by atoms with van der Waals surface area (Å²) in [6.45, 7) is 4.72. The molecule has 0 spiro atoms. The summed E-state index contributed by atoms with van der Waals surface area (Å²) in [6, 6.07) is 53.4. The van der Waals surface area contributed by atoms with Crippen LogP contribution in [0.4, 0.5) is 17.1 Å². The third-order valence-corrected chi connectivity index (χ3v) is 9.55. The van der Waals surface area contributed by atoms with Crippen LogP contribution in [0.5, 0.6) is 0 Å². The van der Waals surface area contributed by atoms with E-state index in [2.05, 4.69) is 170 Å². The van der Waals surface area contributed by atoms with Crippen molar-refractivity contribution in [3.63, 3.8) is 0 Å². The van der Waals surface area contributed by atoms with Gasteiger partial charge in [0, 0.05) is 22.2 Å². The molecule has 1 nitrogen and oxygen atoms in total. The normalized spacial score (nSPS) is 14.3. The minimum atomic E-state index is -0.0682. The molecule has 6 aromatic rings. The maximum Gasteiger partial charge on any atom is 0.0543 e. The highest BCUT2D eigenvalue weighted by molar-refractivity contribution is 5.97. The quantitative estimate of drug-likeness (QED) is 0.201. The van der Waals surface area contributed by atoms with Gasteiger partial charge in [0.2, 0.25) is 0 Å². The highest BCUT2D eigenvalue weighted by atomic mass is 15.1. The van der Waals surface area contributed by atoms with E-state index in [0.717, 1.165) is 18.5 Å². The summed E-state index contributed by atoms with van der Waals surface area (Å²) in [7, 11) is 0. The minimum Gasteiger partial charge on any atom is -0.309 e. The number of fused-ring (bicyclic) bond motifs is 4. The number of rotatable bonds is 5. The molecule has 0 aliphatic heterocycles. The summed E-state index contributed by atoms with van der Waals surface area (Å²) in [6.07, 6.45) is 4.44. The molecule has 0 saturated heterocycles. The minimum absolute atomic E-state index is 0.0682. The molecule has 6 aromatic carbocycles. The molecule has 44 heavy (non-hydrogen) atoms. The molecular weight excluding hydrogens is 530 g/mol. The van der Waals surface area contributed by atoms with Gasteiger partial charge in [-0.1, -0.05) is 141 Å². The van der Waals surface area contributed by atoms with Crippen molar-refractivity contribution >= 4 is 28.7 Å². The summed E-state index contributed by atoms with van der Waals surface area (Å²) in [5.74, 6) is 0. The molecule has 0 saturated carbocycles. The van der Waals surface area contributed by atoms with Gasteiger partial charge in [0.15, 0.2) is 0 Å². The van der Waals surface area contributed by atoms with E-state index in [1.54, 1.807) is 0 Å². The van der Waals surface area contributed by atoms with Gasteiger partial charge < -0.3 is 4.90 Å². The Morgan fingerprint density at radius 2 is 1.14 bits per heavy atom. The molecule has 8 rings (SSSR count). The SMILES string of the molecule is CC1(C)c2ccccc2-c2c(N(c3ccccc3)c3ccccc3C3=c4c(-c5ccccc5)cccc4=CCC3)cccc21. The highest BCUT2D eigenvalue weighted by Gasteiger charge is 2.37. The standard InChI is InChI=1S/C43H35N/c1-43(2)37-26-11-9-23-36(37)42-38(43)27-15-29-40(42)44(32-20-7-4-8-21-32)39-28-12-10-22-34(39)35-25-14-19-31-18-13-24-33(41(31)35)30-16-5-3-6-17-30/h3-13,15-24,26-29H,14,25H2,1-2H3. The van der Waals surface area contributed by atoms with E-state index in [-0.39, 0.29) is 5.41 Å². The Labute approximate surface area is 260 Å². The molecule has 0 radical (unpaired) electrons. The first-order valence-corrected chi connectivity index (χ1v) is 15.7. The fraction of sp³-hybridized carbons (Fsp3) is 0.116. The summed E-state index contributed by atoms with van der Waals surface area (Å²) >= 11 is 0.